The lowest BCUT2D eigenvalue weighted by molar-refractivity contribution is 0.0689. The van der Waals surface area contributed by atoms with Gasteiger partial charge in [0, 0.05) is 31.6 Å². The second-order valence-corrected chi connectivity index (χ2v) is 9.19. The van der Waals surface area contributed by atoms with Gasteiger partial charge in [0.15, 0.2) is 0 Å². The number of carbonyl (C=O) groups is 1. The molecule has 1 aromatic heterocycles. The topological polar surface area (TPSA) is 65.8 Å². The predicted molar refractivity (Wildman–Crippen MR) is 120 cm³/mol. The molecule has 3 heterocycles. The van der Waals surface area contributed by atoms with Crippen molar-refractivity contribution < 1.29 is 14.3 Å². The molecule has 3 aromatic rings. The van der Waals surface area contributed by atoms with Gasteiger partial charge in [0.05, 0.1) is 16.2 Å². The number of aryl methyl sites for hydroxylation is 1. The molecule has 1 N–H and O–H groups in total. The van der Waals surface area contributed by atoms with Gasteiger partial charge < -0.3 is 19.5 Å². The van der Waals surface area contributed by atoms with Gasteiger partial charge >= 0.3 is 5.97 Å². The largest absolute Gasteiger partial charge is 0.477 e. The smallest absolute Gasteiger partial charge is 0.342 e. The van der Waals surface area contributed by atoms with Crippen LogP contribution in [0.4, 0.5) is 10.1 Å². The number of piperazine rings is 1. The van der Waals surface area contributed by atoms with Crippen LogP contribution in [0.5, 0.6) is 0 Å². The van der Waals surface area contributed by atoms with Crippen molar-refractivity contribution in [3.8, 4) is 0 Å². The molecule has 5 rings (SSSR count). The number of anilines is 1. The molecular weight excluding hydrogens is 417 g/mol. The molecular formula is C23H22FN3O3S. The highest BCUT2D eigenvalue weighted by Crippen LogP contribution is 2.51. The average molecular weight is 440 g/mol. The van der Waals surface area contributed by atoms with E-state index in [1.165, 1.54) is 17.8 Å². The average Bonchev–Trinajstić information content (AvgIpc) is 2.72. The number of nitrogens with zero attached hydrogens (tertiary/aromatic N) is 3. The van der Waals surface area contributed by atoms with Gasteiger partial charge in [-0.25, -0.2) is 9.18 Å². The Balaban J connectivity index is 1.74. The third kappa shape index (κ3) is 3.13. The molecule has 6 nitrogen and oxygen atoms in total. The Kier molecular flexibility index (Phi) is 4.79. The lowest BCUT2D eigenvalue weighted by Gasteiger charge is -2.37. The highest BCUT2D eigenvalue weighted by molar-refractivity contribution is 8.00. The zero-order valence-electron chi connectivity index (χ0n) is 17.3. The van der Waals surface area contributed by atoms with E-state index in [2.05, 4.69) is 4.90 Å². The van der Waals surface area contributed by atoms with Gasteiger partial charge in [-0.05, 0) is 37.2 Å². The Bertz CT molecular complexity index is 1280. The summed E-state index contributed by atoms with van der Waals surface area (Å²) < 4.78 is 17.0. The molecule has 0 aliphatic carbocycles. The molecule has 0 amide bonds. The maximum atomic E-state index is 15.1. The van der Waals surface area contributed by atoms with Gasteiger partial charge in [0.2, 0.25) is 5.43 Å². The van der Waals surface area contributed by atoms with E-state index in [0.29, 0.717) is 29.3 Å². The van der Waals surface area contributed by atoms with E-state index in [0.717, 1.165) is 24.2 Å². The number of benzene rings is 2. The monoisotopic (exact) mass is 439 g/mol. The van der Waals surface area contributed by atoms with E-state index >= 15 is 4.39 Å². The quantitative estimate of drug-likeness (QED) is 0.673. The Labute approximate surface area is 182 Å². The molecule has 1 atom stereocenters. The maximum Gasteiger partial charge on any atom is 0.342 e. The summed E-state index contributed by atoms with van der Waals surface area (Å²) >= 11 is 1.36. The highest BCUT2D eigenvalue weighted by atomic mass is 32.2. The number of fused-ring (bicyclic) bond motifs is 3. The Hall–Kier alpha value is -2.84. The number of carboxylic acid groups (broad SMARTS) is 1. The second kappa shape index (κ2) is 7.39. The van der Waals surface area contributed by atoms with Crippen molar-refractivity contribution in [2.24, 2.45) is 0 Å². The lowest BCUT2D eigenvalue weighted by atomic mass is 10.1. The summed E-state index contributed by atoms with van der Waals surface area (Å²) in [4.78, 5) is 29.0. The van der Waals surface area contributed by atoms with Gasteiger partial charge in [0.1, 0.15) is 16.8 Å². The van der Waals surface area contributed by atoms with E-state index in [4.69, 9.17) is 0 Å². The predicted octanol–water partition coefficient (Wildman–Crippen LogP) is 3.55. The molecule has 0 spiro atoms. The van der Waals surface area contributed by atoms with Crippen LogP contribution >= 0.6 is 11.8 Å². The van der Waals surface area contributed by atoms with Crippen molar-refractivity contribution in [2.75, 3.05) is 38.1 Å². The molecule has 2 aliphatic heterocycles. The first-order valence-corrected chi connectivity index (χ1v) is 11.1. The molecule has 1 saturated heterocycles. The van der Waals surface area contributed by atoms with Crippen LogP contribution in [-0.2, 0) is 0 Å². The molecule has 0 radical (unpaired) electrons. The van der Waals surface area contributed by atoms with Crippen molar-refractivity contribution in [3.63, 3.8) is 0 Å². The van der Waals surface area contributed by atoms with Crippen molar-refractivity contribution in [1.29, 1.82) is 0 Å². The number of hydrogen-bond acceptors (Lipinski definition) is 5. The fourth-order valence-electron chi connectivity index (χ4n) is 4.40. The van der Waals surface area contributed by atoms with E-state index < -0.39 is 17.2 Å². The summed E-state index contributed by atoms with van der Waals surface area (Å²) in [6.45, 7) is 5.05. The van der Waals surface area contributed by atoms with Crippen molar-refractivity contribution in [1.82, 2.24) is 9.47 Å². The van der Waals surface area contributed by atoms with E-state index in [9.17, 15) is 14.7 Å². The van der Waals surface area contributed by atoms with E-state index in [1.54, 1.807) is 6.07 Å². The Morgan fingerprint density at radius 1 is 1.16 bits per heavy atom. The van der Waals surface area contributed by atoms with E-state index in [-0.39, 0.29) is 16.3 Å². The molecule has 2 aromatic carbocycles. The number of rotatable bonds is 3. The summed E-state index contributed by atoms with van der Waals surface area (Å²) in [6.07, 6.45) is 0. The first-order valence-electron chi connectivity index (χ1n) is 10.2. The summed E-state index contributed by atoms with van der Waals surface area (Å²) in [6, 6.07) is 10.8. The van der Waals surface area contributed by atoms with Crippen molar-refractivity contribution >= 4 is 34.3 Å². The normalized spacial score (nSPS) is 18.7. The van der Waals surface area contributed by atoms with Gasteiger partial charge in [-0.1, -0.05) is 36.0 Å². The van der Waals surface area contributed by atoms with Gasteiger partial charge in [-0.2, -0.15) is 0 Å². The zero-order valence-corrected chi connectivity index (χ0v) is 18.1. The fraction of sp³-hybridized carbons (Fsp3) is 0.304. The van der Waals surface area contributed by atoms with Gasteiger partial charge in [-0.3, -0.25) is 4.79 Å². The minimum Gasteiger partial charge on any atom is -0.477 e. The SMILES string of the molecule is Cc1ccccc1C1Sc2c(C(=O)O)c(=O)c3cc(F)c(N4CCN(C)CC4)cc3n21. The fourth-order valence-corrected chi connectivity index (χ4v) is 5.78. The van der Waals surface area contributed by atoms with E-state index in [1.807, 2.05) is 47.7 Å². The van der Waals surface area contributed by atoms with Crippen LogP contribution in [0.15, 0.2) is 46.2 Å². The molecule has 8 heteroatoms. The standard InChI is InChI=1S/C23H22FN3O3S/c1-13-5-3-4-6-14(13)21-27-17-12-18(26-9-7-25(2)8-10-26)16(24)11-15(17)20(28)19(23(29)30)22(27)31-21/h3-6,11-12,21H,7-10H2,1-2H3,(H,29,30). The van der Waals surface area contributed by atoms with Gasteiger partial charge in [0.25, 0.3) is 0 Å². The third-order valence-corrected chi connectivity index (χ3v) is 7.51. The van der Waals surface area contributed by atoms with Crippen molar-refractivity contribution in [2.45, 2.75) is 17.3 Å². The maximum absolute atomic E-state index is 15.1. The number of halogens is 1. The first kappa shape index (κ1) is 20.1. The molecule has 0 bridgehead atoms. The first-order chi connectivity index (χ1) is 14.9. The van der Waals surface area contributed by atoms with Crippen LogP contribution in [-0.4, -0.2) is 53.8 Å². The summed E-state index contributed by atoms with van der Waals surface area (Å²) in [5, 5.41) is 10.1. The summed E-state index contributed by atoms with van der Waals surface area (Å²) in [5.74, 6) is -1.78. The number of aromatic nitrogens is 1. The highest BCUT2D eigenvalue weighted by Gasteiger charge is 2.37. The van der Waals surface area contributed by atoms with Crippen LogP contribution in [0.2, 0.25) is 0 Å². The number of pyridine rings is 1. The number of thioether (sulfide) groups is 1. The van der Waals surface area contributed by atoms with Gasteiger partial charge in [-0.15, -0.1) is 0 Å². The summed E-state index contributed by atoms with van der Waals surface area (Å²) in [7, 11) is 2.04. The number of hydrogen-bond donors (Lipinski definition) is 1. The number of carboxylic acids is 1. The van der Waals surface area contributed by atoms with Crippen LogP contribution in [0.1, 0.15) is 26.9 Å². The molecule has 0 saturated carbocycles. The number of aromatic carboxylic acids is 1. The minimum atomic E-state index is -1.28. The van der Waals surface area contributed by atoms with Crippen LogP contribution in [0.25, 0.3) is 10.9 Å². The van der Waals surface area contributed by atoms with Crippen LogP contribution in [0, 0.1) is 12.7 Å². The molecule has 1 unspecified atom stereocenters. The second-order valence-electron chi connectivity index (χ2n) is 8.12. The molecule has 31 heavy (non-hydrogen) atoms. The van der Waals surface area contributed by atoms with Crippen LogP contribution in [0.3, 0.4) is 0 Å². The molecule has 2 aliphatic rings. The van der Waals surface area contributed by atoms with Crippen LogP contribution < -0.4 is 10.3 Å². The molecule has 1 fully saturated rings. The lowest BCUT2D eigenvalue weighted by Crippen LogP contribution is -2.44. The van der Waals surface area contributed by atoms with Crippen molar-refractivity contribution in [3.05, 3.63) is 69.1 Å². The summed E-state index contributed by atoms with van der Waals surface area (Å²) in [5.41, 5.74) is 2.25. The Morgan fingerprint density at radius 2 is 1.87 bits per heavy atom. The number of likely N-dealkylation sites (N-methyl/N-ethyl adjacent to an activating group) is 1. The Morgan fingerprint density at radius 3 is 2.55 bits per heavy atom. The zero-order chi connectivity index (χ0) is 21.9. The molecule has 160 valence electrons. The third-order valence-electron chi connectivity index (χ3n) is 6.20. The minimum absolute atomic E-state index is 0.107.